The van der Waals surface area contributed by atoms with Crippen LogP contribution in [0.25, 0.3) is 10.9 Å². The van der Waals surface area contributed by atoms with Crippen molar-refractivity contribution in [3.8, 4) is 0 Å². The Morgan fingerprint density at radius 3 is 2.79 bits per heavy atom. The molecule has 0 amide bonds. The first-order valence-corrected chi connectivity index (χ1v) is 5.25. The highest BCUT2D eigenvalue weighted by Crippen LogP contribution is 2.22. The highest BCUT2D eigenvalue weighted by molar-refractivity contribution is 7.86. The van der Waals surface area contributed by atoms with Gasteiger partial charge in [-0.2, -0.15) is 13.5 Å². The molecule has 0 saturated heterocycles. The zero-order valence-corrected chi connectivity index (χ0v) is 8.10. The van der Waals surface area contributed by atoms with E-state index >= 15 is 0 Å². The van der Waals surface area contributed by atoms with Gasteiger partial charge in [-0.3, -0.25) is 5.10 Å². The fourth-order valence-electron chi connectivity index (χ4n) is 1.34. The van der Waals surface area contributed by atoms with E-state index in [4.69, 9.17) is 0 Å². The predicted molar refractivity (Wildman–Crippen MR) is 49.1 cm³/mol. The molecule has 0 aliphatic carbocycles. The minimum absolute atomic E-state index is 0.300. The number of nitrogens with one attached hydrogen (secondary N) is 1. The summed E-state index contributed by atoms with van der Waals surface area (Å²) in [5, 5.41) is 6.97. The molecule has 0 saturated carbocycles. The van der Waals surface area contributed by atoms with Crippen molar-refractivity contribution in [3.63, 3.8) is 0 Å². The number of H-pyrrole nitrogens is 1. The molecule has 1 aromatic carbocycles. The number of halogens is 1. The second-order valence-corrected chi connectivity index (χ2v) is 4.33. The second kappa shape index (κ2) is 2.78. The fraction of sp³-hybridized carbons (Fsp3) is 0.125. The number of nitrogens with zero attached hydrogens (tertiary/aromatic N) is 1. The number of aromatic nitrogens is 2. The van der Waals surface area contributed by atoms with Crippen LogP contribution in [0.3, 0.4) is 0 Å². The summed E-state index contributed by atoms with van der Waals surface area (Å²) in [6, 6.07) is 2.82. The van der Waals surface area contributed by atoms with Gasteiger partial charge in [0.15, 0.2) is 0 Å². The quantitative estimate of drug-likeness (QED) is 0.732. The SMILES string of the molecule is Cc1cc2[nH]ncc2cc1S(=O)(=O)F. The van der Waals surface area contributed by atoms with Crippen molar-refractivity contribution in [3.05, 3.63) is 23.9 Å². The van der Waals surface area contributed by atoms with Crippen molar-refractivity contribution in [1.29, 1.82) is 0 Å². The topological polar surface area (TPSA) is 62.8 Å². The average molecular weight is 214 g/mol. The highest BCUT2D eigenvalue weighted by Gasteiger charge is 2.16. The predicted octanol–water partition coefficient (Wildman–Crippen LogP) is 1.53. The normalized spacial score (nSPS) is 12.1. The van der Waals surface area contributed by atoms with Crippen LogP contribution >= 0.6 is 0 Å². The molecule has 14 heavy (non-hydrogen) atoms. The summed E-state index contributed by atoms with van der Waals surface area (Å²) >= 11 is 0. The molecule has 0 aliphatic rings. The number of hydrogen-bond acceptors (Lipinski definition) is 3. The lowest BCUT2D eigenvalue weighted by Crippen LogP contribution is -1.95. The van der Waals surface area contributed by atoms with Gasteiger partial charge in [0.2, 0.25) is 0 Å². The number of hydrogen-bond donors (Lipinski definition) is 1. The van der Waals surface area contributed by atoms with E-state index in [1.807, 2.05) is 0 Å². The lowest BCUT2D eigenvalue weighted by molar-refractivity contribution is 0.551. The number of aromatic amines is 1. The summed E-state index contributed by atoms with van der Waals surface area (Å²) in [6.07, 6.45) is 1.45. The fourth-order valence-corrected chi connectivity index (χ4v) is 2.05. The summed E-state index contributed by atoms with van der Waals surface area (Å²) in [5.74, 6) is 0. The van der Waals surface area contributed by atoms with Crippen LogP contribution in [0, 0.1) is 6.92 Å². The van der Waals surface area contributed by atoms with Crippen LogP contribution in [0.5, 0.6) is 0 Å². The van der Waals surface area contributed by atoms with Crippen LogP contribution in [0.2, 0.25) is 0 Å². The lowest BCUT2D eigenvalue weighted by Gasteiger charge is -2.00. The Kier molecular flexibility index (Phi) is 1.81. The summed E-state index contributed by atoms with van der Waals surface area (Å²) in [4.78, 5) is -0.300. The van der Waals surface area contributed by atoms with Crippen LogP contribution in [-0.4, -0.2) is 18.6 Å². The summed E-state index contributed by atoms with van der Waals surface area (Å²) in [7, 11) is -4.64. The molecule has 0 aliphatic heterocycles. The van der Waals surface area contributed by atoms with Crippen molar-refractivity contribution in [1.82, 2.24) is 10.2 Å². The Bertz CT molecular complexity index is 588. The zero-order valence-electron chi connectivity index (χ0n) is 7.28. The first-order chi connectivity index (χ1) is 6.48. The molecule has 2 aromatic rings. The van der Waals surface area contributed by atoms with Gasteiger partial charge in [0, 0.05) is 5.39 Å². The van der Waals surface area contributed by atoms with Gasteiger partial charge < -0.3 is 0 Å². The minimum Gasteiger partial charge on any atom is -0.278 e. The van der Waals surface area contributed by atoms with Crippen LogP contribution in [0.1, 0.15) is 5.56 Å². The monoisotopic (exact) mass is 214 g/mol. The van der Waals surface area contributed by atoms with E-state index in [1.54, 1.807) is 6.07 Å². The molecule has 1 aromatic heterocycles. The maximum absolute atomic E-state index is 12.8. The third kappa shape index (κ3) is 1.37. The van der Waals surface area contributed by atoms with Crippen LogP contribution in [0.15, 0.2) is 23.2 Å². The Hall–Kier alpha value is -1.43. The van der Waals surface area contributed by atoms with Gasteiger partial charge in [-0.15, -0.1) is 3.89 Å². The summed E-state index contributed by atoms with van der Waals surface area (Å²) < 4.78 is 34.2. The Morgan fingerprint density at radius 2 is 2.14 bits per heavy atom. The molecule has 1 N–H and O–H groups in total. The lowest BCUT2D eigenvalue weighted by atomic mass is 10.2. The molecule has 0 radical (unpaired) electrons. The van der Waals surface area contributed by atoms with E-state index in [0.29, 0.717) is 16.5 Å². The molecule has 2 rings (SSSR count). The Morgan fingerprint density at radius 1 is 1.43 bits per heavy atom. The van der Waals surface area contributed by atoms with E-state index in [9.17, 15) is 12.3 Å². The van der Waals surface area contributed by atoms with Crippen molar-refractivity contribution in [2.75, 3.05) is 0 Å². The molecule has 0 bridgehead atoms. The van der Waals surface area contributed by atoms with Crippen LogP contribution in [-0.2, 0) is 10.2 Å². The van der Waals surface area contributed by atoms with E-state index < -0.39 is 10.2 Å². The smallest absolute Gasteiger partial charge is 0.278 e. The van der Waals surface area contributed by atoms with Gasteiger partial charge in [0.25, 0.3) is 0 Å². The first-order valence-electron chi connectivity index (χ1n) is 3.87. The van der Waals surface area contributed by atoms with Crippen molar-refractivity contribution in [2.24, 2.45) is 0 Å². The Balaban J connectivity index is 2.84. The molecular formula is C8H7FN2O2S. The molecule has 6 heteroatoms. The van der Waals surface area contributed by atoms with E-state index in [0.717, 1.165) is 0 Å². The van der Waals surface area contributed by atoms with Crippen LogP contribution < -0.4 is 0 Å². The largest absolute Gasteiger partial charge is 0.332 e. The number of benzene rings is 1. The third-order valence-corrected chi connectivity index (χ3v) is 2.96. The maximum Gasteiger partial charge on any atom is 0.332 e. The van der Waals surface area contributed by atoms with Crippen molar-refractivity contribution < 1.29 is 12.3 Å². The van der Waals surface area contributed by atoms with Gasteiger partial charge in [-0.25, -0.2) is 0 Å². The zero-order chi connectivity index (χ0) is 10.3. The average Bonchev–Trinajstić information content (AvgIpc) is 2.47. The molecule has 74 valence electrons. The molecule has 4 nitrogen and oxygen atoms in total. The molecule has 1 heterocycles. The summed E-state index contributed by atoms with van der Waals surface area (Å²) in [5.41, 5.74) is 1.05. The molecule has 0 atom stereocenters. The standard InChI is InChI=1S/C8H7FN2O2S/c1-5-2-7-6(4-10-11-7)3-8(5)14(9,12)13/h2-4H,1H3,(H,10,11). The van der Waals surface area contributed by atoms with Gasteiger partial charge in [-0.05, 0) is 24.6 Å². The number of fused-ring (bicyclic) bond motifs is 1. The molecule has 0 fully saturated rings. The Labute approximate surface area is 80.0 Å². The number of aryl methyl sites for hydroxylation is 1. The van der Waals surface area contributed by atoms with Gasteiger partial charge in [0.05, 0.1) is 11.7 Å². The number of rotatable bonds is 1. The molecule has 0 unspecified atom stereocenters. The molecular weight excluding hydrogens is 207 g/mol. The van der Waals surface area contributed by atoms with Crippen LogP contribution in [0.4, 0.5) is 3.89 Å². The van der Waals surface area contributed by atoms with Gasteiger partial charge in [-0.1, -0.05) is 0 Å². The van der Waals surface area contributed by atoms with Crippen molar-refractivity contribution >= 4 is 21.1 Å². The van der Waals surface area contributed by atoms with E-state index in [2.05, 4.69) is 10.2 Å². The maximum atomic E-state index is 12.8. The highest BCUT2D eigenvalue weighted by atomic mass is 32.3. The first kappa shape index (κ1) is 9.14. The summed E-state index contributed by atoms with van der Waals surface area (Å²) in [6.45, 7) is 1.53. The van der Waals surface area contributed by atoms with Crippen molar-refractivity contribution in [2.45, 2.75) is 11.8 Å². The minimum atomic E-state index is -4.64. The second-order valence-electron chi connectivity index (χ2n) is 3.01. The van der Waals surface area contributed by atoms with Gasteiger partial charge >= 0.3 is 10.2 Å². The van der Waals surface area contributed by atoms with Gasteiger partial charge in [0.1, 0.15) is 4.90 Å². The third-order valence-electron chi connectivity index (χ3n) is 2.00. The van der Waals surface area contributed by atoms with E-state index in [1.165, 1.54) is 19.2 Å². The molecule has 0 spiro atoms. The van der Waals surface area contributed by atoms with E-state index in [-0.39, 0.29) is 4.90 Å².